The van der Waals surface area contributed by atoms with Crippen LogP contribution in [0.5, 0.6) is 0 Å². The van der Waals surface area contributed by atoms with Crippen molar-refractivity contribution in [2.24, 2.45) is 0 Å². The van der Waals surface area contributed by atoms with E-state index in [1.807, 2.05) is 13.0 Å². The smallest absolute Gasteiger partial charge is 0.289 e. The Hall–Kier alpha value is -1.49. The standard InChI is InChI=1S/C12H12BrNO3/c1-8-9(5-6-16-8)7-14(2)12(15)10-3-4-11(13)17-10/h3-6H,7H2,1-2H3. The molecule has 0 radical (unpaired) electrons. The molecule has 0 fully saturated rings. The molecule has 90 valence electrons. The van der Waals surface area contributed by atoms with Crippen molar-refractivity contribution in [1.82, 2.24) is 4.90 Å². The molecule has 2 aromatic rings. The van der Waals surface area contributed by atoms with E-state index in [0.29, 0.717) is 17.0 Å². The highest BCUT2D eigenvalue weighted by molar-refractivity contribution is 9.10. The lowest BCUT2D eigenvalue weighted by molar-refractivity contribution is 0.0751. The first-order valence-corrected chi connectivity index (χ1v) is 5.91. The predicted octanol–water partition coefficient (Wildman–Crippen LogP) is 3.22. The number of carbonyl (C=O) groups excluding carboxylic acids is 1. The van der Waals surface area contributed by atoms with Crippen LogP contribution in [0, 0.1) is 6.92 Å². The van der Waals surface area contributed by atoms with Crippen molar-refractivity contribution in [3.63, 3.8) is 0 Å². The van der Waals surface area contributed by atoms with Crippen molar-refractivity contribution in [3.8, 4) is 0 Å². The summed E-state index contributed by atoms with van der Waals surface area (Å²) in [4.78, 5) is 13.6. The highest BCUT2D eigenvalue weighted by Gasteiger charge is 2.16. The number of nitrogens with zero attached hydrogens (tertiary/aromatic N) is 1. The number of hydrogen-bond donors (Lipinski definition) is 0. The molecule has 0 atom stereocenters. The second kappa shape index (κ2) is 4.79. The third-order valence-corrected chi connectivity index (χ3v) is 2.93. The lowest BCUT2D eigenvalue weighted by Gasteiger charge is -2.14. The van der Waals surface area contributed by atoms with Crippen molar-refractivity contribution in [3.05, 3.63) is 46.2 Å². The van der Waals surface area contributed by atoms with Gasteiger partial charge in [0, 0.05) is 19.2 Å². The Kier molecular flexibility index (Phi) is 3.38. The van der Waals surface area contributed by atoms with Gasteiger partial charge in [-0.25, -0.2) is 0 Å². The van der Waals surface area contributed by atoms with E-state index in [1.54, 1.807) is 30.3 Å². The van der Waals surface area contributed by atoms with Crippen molar-refractivity contribution in [1.29, 1.82) is 0 Å². The zero-order chi connectivity index (χ0) is 12.4. The second-order valence-corrected chi connectivity index (χ2v) is 4.55. The fourth-order valence-corrected chi connectivity index (χ4v) is 1.83. The second-order valence-electron chi connectivity index (χ2n) is 3.77. The van der Waals surface area contributed by atoms with E-state index in [9.17, 15) is 4.79 Å². The number of carbonyl (C=O) groups is 1. The summed E-state index contributed by atoms with van der Waals surface area (Å²) >= 11 is 3.17. The SMILES string of the molecule is Cc1occc1CN(C)C(=O)c1ccc(Br)o1. The van der Waals surface area contributed by atoms with E-state index < -0.39 is 0 Å². The highest BCUT2D eigenvalue weighted by atomic mass is 79.9. The van der Waals surface area contributed by atoms with Gasteiger partial charge in [0.1, 0.15) is 5.76 Å². The first kappa shape index (κ1) is 12.0. The van der Waals surface area contributed by atoms with Gasteiger partial charge in [0.15, 0.2) is 10.4 Å². The summed E-state index contributed by atoms with van der Waals surface area (Å²) in [6, 6.07) is 5.20. The molecule has 17 heavy (non-hydrogen) atoms. The Morgan fingerprint density at radius 3 is 2.71 bits per heavy atom. The van der Waals surface area contributed by atoms with Crippen LogP contribution in [0.3, 0.4) is 0 Å². The summed E-state index contributed by atoms with van der Waals surface area (Å²) in [5.74, 6) is 0.988. The molecular weight excluding hydrogens is 286 g/mol. The van der Waals surface area contributed by atoms with Crippen LogP contribution in [0.15, 0.2) is 38.0 Å². The molecule has 2 heterocycles. The van der Waals surface area contributed by atoms with Gasteiger partial charge in [-0.1, -0.05) is 0 Å². The van der Waals surface area contributed by atoms with Gasteiger partial charge >= 0.3 is 0 Å². The van der Waals surface area contributed by atoms with Crippen LogP contribution >= 0.6 is 15.9 Å². The summed E-state index contributed by atoms with van der Waals surface area (Å²) in [7, 11) is 1.73. The van der Waals surface area contributed by atoms with Crippen molar-refractivity contribution in [2.45, 2.75) is 13.5 Å². The van der Waals surface area contributed by atoms with Gasteiger partial charge in [0.2, 0.25) is 0 Å². The number of halogens is 1. The first-order chi connectivity index (χ1) is 8.08. The van der Waals surface area contributed by atoms with Crippen molar-refractivity contribution < 1.29 is 13.6 Å². The van der Waals surface area contributed by atoms with E-state index in [1.165, 1.54) is 0 Å². The zero-order valence-corrected chi connectivity index (χ0v) is 11.2. The molecule has 4 nitrogen and oxygen atoms in total. The van der Waals surface area contributed by atoms with Gasteiger partial charge in [-0.15, -0.1) is 0 Å². The van der Waals surface area contributed by atoms with Crippen LogP contribution in [0.2, 0.25) is 0 Å². The van der Waals surface area contributed by atoms with Crippen LogP contribution in [0.4, 0.5) is 0 Å². The summed E-state index contributed by atoms with van der Waals surface area (Å²) in [6.45, 7) is 2.37. The number of furan rings is 2. The molecule has 2 aromatic heterocycles. The largest absolute Gasteiger partial charge is 0.469 e. The number of rotatable bonds is 3. The van der Waals surface area contributed by atoms with E-state index in [4.69, 9.17) is 8.83 Å². The topological polar surface area (TPSA) is 46.6 Å². The lowest BCUT2D eigenvalue weighted by atomic mass is 10.2. The van der Waals surface area contributed by atoms with Crippen LogP contribution < -0.4 is 0 Å². The molecule has 0 aromatic carbocycles. The normalized spacial score (nSPS) is 10.5. The molecular formula is C12H12BrNO3. The molecule has 5 heteroatoms. The van der Waals surface area contributed by atoms with E-state index in [2.05, 4.69) is 15.9 Å². The van der Waals surface area contributed by atoms with Crippen molar-refractivity contribution in [2.75, 3.05) is 7.05 Å². The summed E-state index contributed by atoms with van der Waals surface area (Å²) < 4.78 is 11.0. The van der Waals surface area contributed by atoms with Gasteiger partial charge in [-0.05, 0) is 41.1 Å². The monoisotopic (exact) mass is 297 g/mol. The Morgan fingerprint density at radius 1 is 1.41 bits per heavy atom. The number of hydrogen-bond acceptors (Lipinski definition) is 3. The van der Waals surface area contributed by atoms with Crippen molar-refractivity contribution >= 4 is 21.8 Å². The van der Waals surface area contributed by atoms with E-state index in [-0.39, 0.29) is 5.91 Å². The Bertz CT molecular complexity index is 529. The van der Waals surface area contributed by atoms with Crippen LogP contribution in [0.1, 0.15) is 21.9 Å². The molecule has 1 amide bonds. The zero-order valence-electron chi connectivity index (χ0n) is 9.57. The highest BCUT2D eigenvalue weighted by Crippen LogP contribution is 2.17. The average Bonchev–Trinajstić information content (AvgIpc) is 2.88. The fourth-order valence-electron chi connectivity index (χ4n) is 1.52. The van der Waals surface area contributed by atoms with Gasteiger partial charge < -0.3 is 13.7 Å². The molecule has 0 aliphatic heterocycles. The van der Waals surface area contributed by atoms with E-state index >= 15 is 0 Å². The molecule has 2 rings (SSSR count). The third kappa shape index (κ3) is 2.61. The minimum Gasteiger partial charge on any atom is -0.469 e. The molecule has 0 saturated carbocycles. The molecule has 0 aliphatic carbocycles. The fraction of sp³-hybridized carbons (Fsp3) is 0.250. The van der Waals surface area contributed by atoms with E-state index in [0.717, 1.165) is 11.3 Å². The summed E-state index contributed by atoms with van der Waals surface area (Å²) in [5, 5.41) is 0. The van der Waals surface area contributed by atoms with Crippen LogP contribution in [-0.4, -0.2) is 17.9 Å². The first-order valence-electron chi connectivity index (χ1n) is 5.11. The molecule has 0 N–H and O–H groups in total. The predicted molar refractivity (Wildman–Crippen MR) is 65.7 cm³/mol. The Labute approximate surface area is 107 Å². The number of aryl methyl sites for hydroxylation is 1. The van der Waals surface area contributed by atoms with Gasteiger partial charge in [-0.2, -0.15) is 0 Å². The maximum absolute atomic E-state index is 12.0. The minimum atomic E-state index is -0.156. The van der Waals surface area contributed by atoms with Gasteiger partial charge in [0.05, 0.1) is 6.26 Å². The molecule has 0 aliphatic rings. The quantitative estimate of drug-likeness (QED) is 0.874. The van der Waals surface area contributed by atoms with Gasteiger partial charge in [-0.3, -0.25) is 4.79 Å². The Morgan fingerprint density at radius 2 is 2.18 bits per heavy atom. The average molecular weight is 298 g/mol. The maximum atomic E-state index is 12.0. The molecule has 0 bridgehead atoms. The molecule has 0 spiro atoms. The van der Waals surface area contributed by atoms with Crippen LogP contribution in [0.25, 0.3) is 0 Å². The van der Waals surface area contributed by atoms with Gasteiger partial charge in [0.25, 0.3) is 5.91 Å². The maximum Gasteiger partial charge on any atom is 0.289 e. The van der Waals surface area contributed by atoms with Crippen LogP contribution in [-0.2, 0) is 6.54 Å². The summed E-state index contributed by atoms with van der Waals surface area (Å²) in [5.41, 5.74) is 0.992. The summed E-state index contributed by atoms with van der Waals surface area (Å²) in [6.07, 6.45) is 1.62. The number of amides is 1. The third-order valence-electron chi connectivity index (χ3n) is 2.50. The Balaban J connectivity index is 2.08. The molecule has 0 unspecified atom stereocenters. The lowest BCUT2D eigenvalue weighted by Crippen LogP contribution is -2.25. The molecule has 0 saturated heterocycles. The minimum absolute atomic E-state index is 0.156.